The van der Waals surface area contributed by atoms with E-state index in [1.165, 1.54) is 11.8 Å². The minimum Gasteiger partial charge on any atom is -0.351 e. The van der Waals surface area contributed by atoms with Gasteiger partial charge in [0.1, 0.15) is 0 Å². The number of nitrogens with zero attached hydrogens (tertiary/aromatic N) is 3. The molecule has 3 rings (SSSR count). The molecule has 0 unspecified atom stereocenters. The Kier molecular flexibility index (Phi) is 6.33. The summed E-state index contributed by atoms with van der Waals surface area (Å²) in [5.74, 6) is 0.496. The monoisotopic (exact) mass is 409 g/mol. The maximum Gasteiger partial charge on any atom is 0.318 e. The Morgan fingerprint density at radius 2 is 1.79 bits per heavy atom. The first kappa shape index (κ1) is 20.6. The Labute approximate surface area is 173 Å². The molecule has 0 radical (unpaired) electrons. The zero-order valence-electron chi connectivity index (χ0n) is 16.5. The smallest absolute Gasteiger partial charge is 0.318 e. The molecule has 0 bridgehead atoms. The number of carbonyl (C=O) groups is 2. The van der Waals surface area contributed by atoms with Gasteiger partial charge < -0.3 is 5.73 Å². The van der Waals surface area contributed by atoms with E-state index >= 15 is 0 Å². The highest BCUT2D eigenvalue weighted by Crippen LogP contribution is 2.32. The van der Waals surface area contributed by atoms with Crippen LogP contribution in [0.15, 0.2) is 53.7 Å². The standard InChI is InChI=1S/C21H23N5O2S/c1-13(2)16-6-4-5-7-17(16)26-19(15-10-8-14(3)9-11-15)24-25-21(26)29-12-18(27)23-20(22)28/h4-11,13H,12H2,1-3H3,(H3,22,23,27,28). The fourth-order valence-corrected chi connectivity index (χ4v) is 3.70. The lowest BCUT2D eigenvalue weighted by Crippen LogP contribution is -2.36. The molecule has 0 atom stereocenters. The van der Waals surface area contributed by atoms with E-state index in [9.17, 15) is 9.59 Å². The van der Waals surface area contributed by atoms with Crippen molar-refractivity contribution in [2.45, 2.75) is 31.8 Å². The van der Waals surface area contributed by atoms with Crippen LogP contribution in [-0.4, -0.2) is 32.5 Å². The van der Waals surface area contributed by atoms with Crippen molar-refractivity contribution in [1.29, 1.82) is 0 Å². The van der Waals surface area contributed by atoms with E-state index in [0.29, 0.717) is 11.0 Å². The number of benzene rings is 2. The van der Waals surface area contributed by atoms with Crippen LogP contribution in [0, 0.1) is 6.92 Å². The molecule has 0 aliphatic rings. The van der Waals surface area contributed by atoms with Crippen molar-refractivity contribution >= 4 is 23.7 Å². The van der Waals surface area contributed by atoms with E-state index in [1.807, 2.05) is 54.0 Å². The highest BCUT2D eigenvalue weighted by atomic mass is 32.2. The van der Waals surface area contributed by atoms with E-state index in [1.54, 1.807) is 0 Å². The highest BCUT2D eigenvalue weighted by molar-refractivity contribution is 7.99. The van der Waals surface area contributed by atoms with Crippen molar-refractivity contribution in [3.63, 3.8) is 0 Å². The Morgan fingerprint density at radius 1 is 1.10 bits per heavy atom. The number of nitrogens with two attached hydrogens (primary N) is 1. The molecule has 3 N–H and O–H groups in total. The molecule has 1 heterocycles. The lowest BCUT2D eigenvalue weighted by Gasteiger charge is -2.17. The van der Waals surface area contributed by atoms with Crippen molar-refractivity contribution in [2.75, 3.05) is 5.75 Å². The second kappa shape index (κ2) is 8.91. The first-order valence-electron chi connectivity index (χ1n) is 9.20. The summed E-state index contributed by atoms with van der Waals surface area (Å²) in [6.07, 6.45) is 0. The predicted molar refractivity (Wildman–Crippen MR) is 114 cm³/mol. The predicted octanol–water partition coefficient (Wildman–Crippen LogP) is 3.65. The summed E-state index contributed by atoms with van der Waals surface area (Å²) < 4.78 is 1.96. The van der Waals surface area contributed by atoms with E-state index in [-0.39, 0.29) is 11.7 Å². The molecule has 3 amide bonds. The minimum atomic E-state index is -0.873. The first-order valence-corrected chi connectivity index (χ1v) is 10.2. The van der Waals surface area contributed by atoms with E-state index in [0.717, 1.165) is 22.4 Å². The van der Waals surface area contributed by atoms with E-state index < -0.39 is 11.9 Å². The third-order valence-electron chi connectivity index (χ3n) is 4.34. The number of aryl methyl sites for hydroxylation is 1. The summed E-state index contributed by atoms with van der Waals surface area (Å²) in [4.78, 5) is 22.8. The summed E-state index contributed by atoms with van der Waals surface area (Å²) in [7, 11) is 0. The summed E-state index contributed by atoms with van der Waals surface area (Å²) in [5, 5.41) is 11.4. The van der Waals surface area contributed by atoms with Crippen LogP contribution in [0.4, 0.5) is 4.79 Å². The number of aromatic nitrogens is 3. The largest absolute Gasteiger partial charge is 0.351 e. The number of imide groups is 1. The van der Waals surface area contributed by atoms with Gasteiger partial charge in [-0.05, 0) is 24.5 Å². The van der Waals surface area contributed by atoms with Crippen molar-refractivity contribution in [2.24, 2.45) is 5.73 Å². The van der Waals surface area contributed by atoms with Crippen molar-refractivity contribution in [3.8, 4) is 17.1 Å². The second-order valence-corrected chi connectivity index (χ2v) is 7.86. The molecule has 0 aliphatic carbocycles. The van der Waals surface area contributed by atoms with Gasteiger partial charge in [-0.2, -0.15) is 0 Å². The Bertz CT molecular complexity index is 1030. The fraction of sp³-hybridized carbons (Fsp3) is 0.238. The molecular weight excluding hydrogens is 386 g/mol. The van der Waals surface area contributed by atoms with Gasteiger partial charge in [0, 0.05) is 5.56 Å². The first-order chi connectivity index (χ1) is 13.9. The Morgan fingerprint density at radius 3 is 2.45 bits per heavy atom. The van der Waals surface area contributed by atoms with Gasteiger partial charge in [-0.3, -0.25) is 14.7 Å². The van der Waals surface area contributed by atoms with Gasteiger partial charge in [0.25, 0.3) is 0 Å². The van der Waals surface area contributed by atoms with E-state index in [2.05, 4.69) is 35.4 Å². The Balaban J connectivity index is 2.07. The lowest BCUT2D eigenvalue weighted by atomic mass is 10.0. The maximum atomic E-state index is 11.9. The molecule has 7 nitrogen and oxygen atoms in total. The summed E-state index contributed by atoms with van der Waals surface area (Å²) in [5.41, 5.74) is 9.20. The number of nitrogens with one attached hydrogen (secondary N) is 1. The molecule has 0 saturated carbocycles. The maximum absolute atomic E-state index is 11.9. The third-order valence-corrected chi connectivity index (χ3v) is 5.27. The molecule has 0 fully saturated rings. The average molecular weight is 410 g/mol. The number of hydrogen-bond acceptors (Lipinski definition) is 5. The van der Waals surface area contributed by atoms with Crippen LogP contribution in [-0.2, 0) is 4.79 Å². The molecule has 29 heavy (non-hydrogen) atoms. The number of urea groups is 1. The van der Waals surface area contributed by atoms with Crippen LogP contribution in [0.25, 0.3) is 17.1 Å². The summed E-state index contributed by atoms with van der Waals surface area (Å²) in [6.45, 7) is 6.28. The van der Waals surface area contributed by atoms with Crippen molar-refractivity contribution in [1.82, 2.24) is 20.1 Å². The molecule has 8 heteroatoms. The van der Waals surface area contributed by atoms with Crippen LogP contribution in [0.2, 0.25) is 0 Å². The third kappa shape index (κ3) is 4.83. The second-order valence-electron chi connectivity index (χ2n) is 6.92. The van der Waals surface area contributed by atoms with Crippen LogP contribution < -0.4 is 11.1 Å². The number of hydrogen-bond donors (Lipinski definition) is 2. The number of primary amides is 1. The number of rotatable bonds is 6. The topological polar surface area (TPSA) is 103 Å². The minimum absolute atomic E-state index is 0.00117. The van der Waals surface area contributed by atoms with Gasteiger partial charge in [0.15, 0.2) is 11.0 Å². The van der Waals surface area contributed by atoms with Crippen LogP contribution in [0.1, 0.15) is 30.9 Å². The van der Waals surface area contributed by atoms with E-state index in [4.69, 9.17) is 5.73 Å². The van der Waals surface area contributed by atoms with Crippen molar-refractivity contribution < 1.29 is 9.59 Å². The fourth-order valence-electron chi connectivity index (χ4n) is 2.95. The number of amides is 3. The summed E-state index contributed by atoms with van der Waals surface area (Å²) in [6, 6.07) is 15.2. The van der Waals surface area contributed by atoms with Crippen LogP contribution in [0.5, 0.6) is 0 Å². The molecule has 1 aromatic heterocycles. The molecule has 0 spiro atoms. The Hall–Kier alpha value is -3.13. The molecule has 2 aromatic carbocycles. The van der Waals surface area contributed by atoms with Gasteiger partial charge in [0.2, 0.25) is 5.91 Å². The lowest BCUT2D eigenvalue weighted by molar-refractivity contribution is -0.117. The van der Waals surface area contributed by atoms with Gasteiger partial charge >= 0.3 is 6.03 Å². The average Bonchev–Trinajstić information content (AvgIpc) is 3.10. The number of thioether (sulfide) groups is 1. The quantitative estimate of drug-likeness (QED) is 0.605. The zero-order chi connectivity index (χ0) is 21.0. The zero-order valence-corrected chi connectivity index (χ0v) is 17.4. The van der Waals surface area contributed by atoms with Crippen LogP contribution >= 0.6 is 11.8 Å². The molecule has 150 valence electrons. The summed E-state index contributed by atoms with van der Waals surface area (Å²) >= 11 is 1.20. The normalized spacial score (nSPS) is 10.9. The highest BCUT2D eigenvalue weighted by Gasteiger charge is 2.20. The molecule has 0 saturated heterocycles. The molecule has 3 aromatic rings. The van der Waals surface area contributed by atoms with Gasteiger partial charge in [-0.1, -0.05) is 73.6 Å². The number of carbonyl (C=O) groups excluding carboxylic acids is 2. The van der Waals surface area contributed by atoms with Crippen molar-refractivity contribution in [3.05, 3.63) is 59.7 Å². The molecular formula is C21H23N5O2S. The van der Waals surface area contributed by atoms with Gasteiger partial charge in [-0.15, -0.1) is 10.2 Å². The van der Waals surface area contributed by atoms with Gasteiger partial charge in [0.05, 0.1) is 11.4 Å². The van der Waals surface area contributed by atoms with Crippen LogP contribution in [0.3, 0.4) is 0 Å². The van der Waals surface area contributed by atoms with Gasteiger partial charge in [-0.25, -0.2) is 4.79 Å². The number of para-hydroxylation sites is 1. The SMILES string of the molecule is Cc1ccc(-c2nnc(SCC(=O)NC(N)=O)n2-c2ccccc2C(C)C)cc1. The molecule has 0 aliphatic heterocycles.